The lowest BCUT2D eigenvalue weighted by molar-refractivity contribution is -0.0511. The van der Waals surface area contributed by atoms with Gasteiger partial charge in [-0.3, -0.25) is 4.57 Å². The first-order chi connectivity index (χ1) is 16.5. The van der Waals surface area contributed by atoms with E-state index >= 15 is 0 Å². The summed E-state index contributed by atoms with van der Waals surface area (Å²) in [7, 11) is 0. The van der Waals surface area contributed by atoms with Crippen molar-refractivity contribution < 1.29 is 20.1 Å². The molecule has 5 rings (SSSR count). The largest absolute Gasteiger partial charge is 0.394 e. The van der Waals surface area contributed by atoms with Crippen molar-refractivity contribution in [2.45, 2.75) is 41.8 Å². The highest BCUT2D eigenvalue weighted by Gasteiger charge is 2.44. The number of aromatic nitrogens is 5. The maximum absolute atomic E-state index is 10.4. The SMILES string of the molecule is C[C@H](CSc1nc(-c2ccccc2)cs1)Nc1ncnc2c1ncn2[C@@H]1O[C@H](CO)[C@@H](O)[C@H]1O. The van der Waals surface area contributed by atoms with Crippen molar-refractivity contribution in [3.63, 3.8) is 0 Å². The van der Waals surface area contributed by atoms with Gasteiger partial charge in [0.1, 0.15) is 24.6 Å². The number of nitrogens with one attached hydrogen (secondary N) is 1. The van der Waals surface area contributed by atoms with Crippen LogP contribution in [0, 0.1) is 0 Å². The fourth-order valence-electron chi connectivity index (χ4n) is 3.79. The first-order valence-corrected chi connectivity index (χ1v) is 12.6. The van der Waals surface area contributed by atoms with Crippen LogP contribution in [-0.2, 0) is 4.74 Å². The van der Waals surface area contributed by atoms with Crippen LogP contribution < -0.4 is 5.32 Å². The molecule has 5 atom stereocenters. The molecule has 0 unspecified atom stereocenters. The zero-order valence-electron chi connectivity index (χ0n) is 18.2. The summed E-state index contributed by atoms with van der Waals surface area (Å²) in [6.45, 7) is 1.65. The normalized spacial score (nSPS) is 23.4. The molecule has 3 aromatic heterocycles. The van der Waals surface area contributed by atoms with Gasteiger partial charge in [-0.15, -0.1) is 11.3 Å². The molecule has 0 bridgehead atoms. The Morgan fingerprint density at radius 1 is 1.18 bits per heavy atom. The molecule has 4 aromatic rings. The molecule has 0 amide bonds. The van der Waals surface area contributed by atoms with Gasteiger partial charge in [0.2, 0.25) is 0 Å². The molecule has 0 spiro atoms. The summed E-state index contributed by atoms with van der Waals surface area (Å²) < 4.78 is 8.15. The maximum Gasteiger partial charge on any atom is 0.167 e. The standard InChI is InChI=1S/C22H24N6O4S2/c1-12(8-33-22-27-14(9-34-22)13-5-3-2-4-6-13)26-19-16-20(24-10-23-19)28(11-25-16)21-18(31)17(30)15(7-29)32-21/h2-6,9-12,15,17-18,21,29-31H,7-8H2,1H3,(H,23,24,26)/t12-,15-,17-,18-,21-/m1/s1. The molecule has 34 heavy (non-hydrogen) atoms. The Hall–Kier alpha value is -2.61. The summed E-state index contributed by atoms with van der Waals surface area (Å²) in [6, 6.07) is 10.2. The van der Waals surface area contributed by atoms with Crippen LogP contribution in [0.25, 0.3) is 22.4 Å². The van der Waals surface area contributed by atoms with Crippen molar-refractivity contribution in [3.8, 4) is 11.3 Å². The number of benzene rings is 1. The molecule has 1 aromatic carbocycles. The van der Waals surface area contributed by atoms with Crippen LogP contribution in [0.3, 0.4) is 0 Å². The van der Waals surface area contributed by atoms with Gasteiger partial charge >= 0.3 is 0 Å². The van der Waals surface area contributed by atoms with Crippen molar-refractivity contribution in [3.05, 3.63) is 48.4 Å². The van der Waals surface area contributed by atoms with E-state index in [0.717, 1.165) is 21.3 Å². The fraction of sp³-hybridized carbons (Fsp3) is 0.364. The molecule has 1 saturated heterocycles. The predicted molar refractivity (Wildman–Crippen MR) is 130 cm³/mol. The Labute approximate surface area is 203 Å². The number of aliphatic hydroxyl groups is 3. The number of thiazole rings is 1. The second-order valence-electron chi connectivity index (χ2n) is 8.00. The minimum atomic E-state index is -1.21. The van der Waals surface area contributed by atoms with Gasteiger partial charge in [0, 0.05) is 22.7 Å². The molecule has 4 N–H and O–H groups in total. The molecule has 1 aliphatic rings. The minimum Gasteiger partial charge on any atom is -0.394 e. The number of anilines is 1. The van der Waals surface area contributed by atoms with E-state index < -0.39 is 31.1 Å². The molecule has 0 radical (unpaired) electrons. The Morgan fingerprint density at radius 3 is 2.76 bits per heavy atom. The number of ether oxygens (including phenoxy) is 1. The van der Waals surface area contributed by atoms with E-state index in [1.54, 1.807) is 27.7 Å². The quantitative estimate of drug-likeness (QED) is 0.266. The number of thioether (sulfide) groups is 1. The smallest absolute Gasteiger partial charge is 0.167 e. The third-order valence-corrected chi connectivity index (χ3v) is 7.82. The summed E-state index contributed by atoms with van der Waals surface area (Å²) in [5.41, 5.74) is 3.06. The van der Waals surface area contributed by atoms with Gasteiger partial charge in [-0.1, -0.05) is 42.1 Å². The van der Waals surface area contributed by atoms with E-state index in [1.165, 1.54) is 12.7 Å². The number of hydrogen-bond acceptors (Lipinski definition) is 11. The summed E-state index contributed by atoms with van der Waals surface area (Å²) in [5, 5.41) is 35.2. The third kappa shape index (κ3) is 4.52. The van der Waals surface area contributed by atoms with E-state index in [0.29, 0.717) is 17.0 Å². The lowest BCUT2D eigenvalue weighted by atomic mass is 10.1. The molecule has 0 aliphatic carbocycles. The minimum absolute atomic E-state index is 0.0613. The molecule has 10 nitrogen and oxygen atoms in total. The average molecular weight is 501 g/mol. The number of fused-ring (bicyclic) bond motifs is 1. The molecular formula is C22H24N6O4S2. The number of aliphatic hydroxyl groups excluding tert-OH is 3. The second kappa shape index (κ2) is 9.94. The molecule has 1 aliphatic heterocycles. The average Bonchev–Trinajstić information content (AvgIpc) is 3.57. The van der Waals surface area contributed by atoms with Crippen molar-refractivity contribution >= 4 is 40.1 Å². The number of hydrogen-bond donors (Lipinski definition) is 4. The summed E-state index contributed by atoms with van der Waals surface area (Å²) in [6.07, 6.45) is -1.28. The Kier molecular flexibility index (Phi) is 6.77. The van der Waals surface area contributed by atoms with Gasteiger partial charge in [0.15, 0.2) is 27.5 Å². The summed E-state index contributed by atoms with van der Waals surface area (Å²) >= 11 is 3.29. The first-order valence-electron chi connectivity index (χ1n) is 10.8. The second-order valence-corrected chi connectivity index (χ2v) is 10.1. The van der Waals surface area contributed by atoms with Gasteiger partial charge in [0.05, 0.1) is 18.6 Å². The van der Waals surface area contributed by atoms with E-state index in [2.05, 4.69) is 32.6 Å². The molecular weight excluding hydrogens is 476 g/mol. The van der Waals surface area contributed by atoms with Crippen molar-refractivity contribution in [2.75, 3.05) is 17.7 Å². The van der Waals surface area contributed by atoms with E-state index in [1.807, 2.05) is 30.3 Å². The summed E-state index contributed by atoms with van der Waals surface area (Å²) in [5.74, 6) is 1.33. The zero-order valence-corrected chi connectivity index (χ0v) is 19.9. The number of imidazole rings is 1. The molecule has 4 heterocycles. The fourth-order valence-corrected chi connectivity index (χ4v) is 5.60. The van der Waals surface area contributed by atoms with Crippen molar-refractivity contribution in [1.82, 2.24) is 24.5 Å². The van der Waals surface area contributed by atoms with Gasteiger partial charge in [-0.25, -0.2) is 19.9 Å². The Balaban J connectivity index is 1.26. The van der Waals surface area contributed by atoms with Gasteiger partial charge < -0.3 is 25.4 Å². The van der Waals surface area contributed by atoms with Crippen LogP contribution >= 0.6 is 23.1 Å². The number of nitrogens with zero attached hydrogens (tertiary/aromatic N) is 5. The lowest BCUT2D eigenvalue weighted by Gasteiger charge is -2.17. The van der Waals surface area contributed by atoms with E-state index in [4.69, 9.17) is 9.72 Å². The highest BCUT2D eigenvalue weighted by Crippen LogP contribution is 2.33. The van der Waals surface area contributed by atoms with Crippen LogP contribution in [-0.4, -0.2) is 76.5 Å². The Bertz CT molecular complexity index is 1250. The summed E-state index contributed by atoms with van der Waals surface area (Å²) in [4.78, 5) is 17.8. The molecule has 178 valence electrons. The predicted octanol–water partition coefficient (Wildman–Crippen LogP) is 2.15. The van der Waals surface area contributed by atoms with Crippen LogP contribution in [0.4, 0.5) is 5.82 Å². The lowest BCUT2D eigenvalue weighted by Crippen LogP contribution is -2.33. The first kappa shape index (κ1) is 23.1. The van der Waals surface area contributed by atoms with Crippen LogP contribution in [0.5, 0.6) is 0 Å². The highest BCUT2D eigenvalue weighted by atomic mass is 32.2. The Morgan fingerprint density at radius 2 is 2.00 bits per heavy atom. The van der Waals surface area contributed by atoms with Crippen LogP contribution in [0.1, 0.15) is 13.2 Å². The van der Waals surface area contributed by atoms with Gasteiger partial charge in [-0.05, 0) is 6.92 Å². The molecule has 12 heteroatoms. The third-order valence-electron chi connectivity index (χ3n) is 5.54. The van der Waals surface area contributed by atoms with E-state index in [9.17, 15) is 15.3 Å². The monoisotopic (exact) mass is 500 g/mol. The highest BCUT2D eigenvalue weighted by molar-refractivity contribution is 8.01. The topological polar surface area (TPSA) is 138 Å². The van der Waals surface area contributed by atoms with Crippen LogP contribution in [0.15, 0.2) is 52.7 Å². The molecule has 0 saturated carbocycles. The van der Waals surface area contributed by atoms with Crippen LogP contribution in [0.2, 0.25) is 0 Å². The van der Waals surface area contributed by atoms with Gasteiger partial charge in [0.25, 0.3) is 0 Å². The maximum atomic E-state index is 10.4. The molecule has 1 fully saturated rings. The van der Waals surface area contributed by atoms with Crippen molar-refractivity contribution in [2.24, 2.45) is 0 Å². The van der Waals surface area contributed by atoms with E-state index in [-0.39, 0.29) is 6.04 Å². The number of rotatable bonds is 8. The van der Waals surface area contributed by atoms with Gasteiger partial charge in [-0.2, -0.15) is 0 Å². The zero-order chi connectivity index (χ0) is 23.7. The van der Waals surface area contributed by atoms with Crippen molar-refractivity contribution in [1.29, 1.82) is 0 Å².